The molecule has 0 unspecified atom stereocenters. The summed E-state index contributed by atoms with van der Waals surface area (Å²) >= 11 is 0. The molecule has 5 heteroatoms. The molecule has 4 nitrogen and oxygen atoms in total. The number of benzene rings is 1. The Morgan fingerprint density at radius 3 is 2.20 bits per heavy atom. The molecule has 0 bridgehead atoms. The van der Waals surface area contributed by atoms with Gasteiger partial charge in [0.25, 0.3) is 10.0 Å². The van der Waals surface area contributed by atoms with Crippen LogP contribution < -0.4 is 4.72 Å². The second-order valence-electron chi connectivity index (χ2n) is 3.48. The van der Waals surface area contributed by atoms with Crippen molar-refractivity contribution in [3.05, 3.63) is 29.8 Å². The van der Waals surface area contributed by atoms with E-state index in [2.05, 4.69) is 4.72 Å². The van der Waals surface area contributed by atoms with Crippen molar-refractivity contribution in [2.75, 3.05) is 0 Å². The minimum atomic E-state index is -3.54. The molecule has 1 aromatic carbocycles. The smallest absolute Gasteiger partial charge is 0.257 e. The number of hydrogen-bond acceptors (Lipinski definition) is 3. The van der Waals surface area contributed by atoms with E-state index in [9.17, 15) is 8.42 Å². The fourth-order valence-electron chi connectivity index (χ4n) is 1.11. The maximum atomic E-state index is 11.6. The van der Waals surface area contributed by atoms with Crippen molar-refractivity contribution < 1.29 is 13.5 Å². The Morgan fingerprint density at radius 2 is 1.80 bits per heavy atom. The Bertz CT molecular complexity index is 409. The number of nitrogens with zero attached hydrogens (tertiary/aromatic N) is 1. The summed E-state index contributed by atoms with van der Waals surface area (Å²) in [6.07, 6.45) is 0. The minimum Gasteiger partial charge on any atom is -0.392 e. The number of rotatable bonds is 4. The third-order valence-electron chi connectivity index (χ3n) is 1.75. The van der Waals surface area contributed by atoms with Crippen molar-refractivity contribution in [3.8, 4) is 0 Å². The molecular weight excluding hydrogens is 214 g/mol. The fraction of sp³-hybridized carbons (Fsp3) is 0.400. The van der Waals surface area contributed by atoms with Gasteiger partial charge in [-0.1, -0.05) is 12.1 Å². The summed E-state index contributed by atoms with van der Waals surface area (Å²) in [5, 5.41) is 8.80. The van der Waals surface area contributed by atoms with Crippen LogP contribution in [0.4, 0.5) is 0 Å². The number of aliphatic hydroxyl groups is 1. The molecule has 83 valence electrons. The number of aliphatic hydroxyl groups excluding tert-OH is 1. The van der Waals surface area contributed by atoms with Crippen molar-refractivity contribution in [1.29, 1.82) is 0 Å². The van der Waals surface area contributed by atoms with Crippen molar-refractivity contribution in [2.24, 2.45) is 0 Å². The van der Waals surface area contributed by atoms with Gasteiger partial charge in [-0.3, -0.25) is 0 Å². The molecule has 15 heavy (non-hydrogen) atoms. The second kappa shape index (κ2) is 4.74. The summed E-state index contributed by atoms with van der Waals surface area (Å²) in [7, 11) is -3.54. The predicted molar refractivity (Wildman–Crippen MR) is 56.8 cm³/mol. The topological polar surface area (TPSA) is 68.5 Å². The molecule has 1 aromatic rings. The van der Waals surface area contributed by atoms with Crippen LogP contribution in [-0.2, 0) is 16.6 Å². The van der Waals surface area contributed by atoms with Gasteiger partial charge in [0.1, 0.15) is 0 Å². The van der Waals surface area contributed by atoms with E-state index in [0.29, 0.717) is 5.56 Å². The molecule has 0 aromatic heterocycles. The first kappa shape index (κ1) is 12.2. The Morgan fingerprint density at radius 1 is 1.27 bits per heavy atom. The van der Waals surface area contributed by atoms with Crippen LogP contribution in [0.3, 0.4) is 0 Å². The second-order valence-corrected chi connectivity index (χ2v) is 5.11. The Hall–Kier alpha value is -0.910. The Kier molecular flexibility index (Phi) is 3.84. The molecule has 0 atom stereocenters. The monoisotopic (exact) mass is 228 g/mol. The van der Waals surface area contributed by atoms with Crippen LogP contribution >= 0.6 is 0 Å². The quantitative estimate of drug-likeness (QED) is 0.831. The van der Waals surface area contributed by atoms with Gasteiger partial charge in [0.05, 0.1) is 11.5 Å². The first-order valence-corrected chi connectivity index (χ1v) is 6.06. The van der Waals surface area contributed by atoms with Crippen LogP contribution in [0, 0.1) is 0 Å². The van der Waals surface area contributed by atoms with E-state index in [-0.39, 0.29) is 17.5 Å². The van der Waals surface area contributed by atoms with Gasteiger partial charge in [-0.2, -0.15) is 0 Å². The SMILES string of the molecule is CC(C)[N]S(=O)(=O)c1ccc(CO)cc1. The Labute approximate surface area is 90.0 Å². The summed E-state index contributed by atoms with van der Waals surface area (Å²) in [4.78, 5) is 0.161. The zero-order valence-electron chi connectivity index (χ0n) is 8.71. The standard InChI is InChI=1S/C10H14NO3S/c1-8(2)11-15(13,14)10-5-3-9(7-12)4-6-10/h3-6,8,12H,7H2,1-2H3. The molecule has 1 radical (unpaired) electrons. The predicted octanol–water partition coefficient (Wildman–Crippen LogP) is 0.880. The summed E-state index contributed by atoms with van der Waals surface area (Å²) in [6.45, 7) is 3.32. The minimum absolute atomic E-state index is 0.0956. The van der Waals surface area contributed by atoms with Crippen LogP contribution in [0.25, 0.3) is 0 Å². The first-order chi connectivity index (χ1) is 6.95. The molecule has 0 amide bonds. The van der Waals surface area contributed by atoms with Crippen molar-refractivity contribution in [1.82, 2.24) is 4.72 Å². The van der Waals surface area contributed by atoms with Crippen LogP contribution in [0.5, 0.6) is 0 Å². The molecular formula is C10H14NO3S. The van der Waals surface area contributed by atoms with E-state index >= 15 is 0 Å². The third-order valence-corrected chi connectivity index (χ3v) is 3.32. The van der Waals surface area contributed by atoms with E-state index < -0.39 is 10.0 Å². The van der Waals surface area contributed by atoms with Gasteiger partial charge in [-0.25, -0.2) is 8.42 Å². The molecule has 0 aliphatic carbocycles. The molecule has 0 saturated carbocycles. The van der Waals surface area contributed by atoms with E-state index in [4.69, 9.17) is 5.11 Å². The average molecular weight is 228 g/mol. The first-order valence-electron chi connectivity index (χ1n) is 4.62. The summed E-state index contributed by atoms with van der Waals surface area (Å²) in [6, 6.07) is 5.79. The molecule has 0 fully saturated rings. The summed E-state index contributed by atoms with van der Waals surface area (Å²) in [5.41, 5.74) is 0.679. The van der Waals surface area contributed by atoms with E-state index in [1.54, 1.807) is 26.0 Å². The molecule has 1 N–H and O–H groups in total. The van der Waals surface area contributed by atoms with Crippen LogP contribution in [0.15, 0.2) is 29.2 Å². The van der Waals surface area contributed by atoms with E-state index in [0.717, 1.165) is 0 Å². The van der Waals surface area contributed by atoms with Gasteiger partial charge in [0.2, 0.25) is 0 Å². The molecule has 0 aliphatic rings. The van der Waals surface area contributed by atoms with Crippen molar-refractivity contribution in [2.45, 2.75) is 31.4 Å². The van der Waals surface area contributed by atoms with Gasteiger partial charge in [0.15, 0.2) is 0 Å². The van der Waals surface area contributed by atoms with Crippen LogP contribution in [0.2, 0.25) is 0 Å². The van der Waals surface area contributed by atoms with Crippen LogP contribution in [0.1, 0.15) is 19.4 Å². The zero-order valence-corrected chi connectivity index (χ0v) is 9.53. The third kappa shape index (κ3) is 3.30. The molecule has 0 spiro atoms. The average Bonchev–Trinajstić information content (AvgIpc) is 2.16. The largest absolute Gasteiger partial charge is 0.392 e. The number of sulfonamides is 1. The van der Waals surface area contributed by atoms with E-state index in [1.807, 2.05) is 0 Å². The Balaban J connectivity index is 2.96. The highest BCUT2D eigenvalue weighted by molar-refractivity contribution is 7.89. The molecule has 0 heterocycles. The summed E-state index contributed by atoms with van der Waals surface area (Å²) in [5.74, 6) is 0. The van der Waals surface area contributed by atoms with Gasteiger partial charge >= 0.3 is 0 Å². The lowest BCUT2D eigenvalue weighted by Crippen LogP contribution is -2.22. The highest BCUT2D eigenvalue weighted by Gasteiger charge is 2.16. The van der Waals surface area contributed by atoms with Gasteiger partial charge in [-0.05, 0) is 31.5 Å². The lowest BCUT2D eigenvalue weighted by molar-refractivity contribution is 0.282. The highest BCUT2D eigenvalue weighted by Crippen LogP contribution is 2.11. The molecule has 1 rings (SSSR count). The lowest BCUT2D eigenvalue weighted by Gasteiger charge is -2.07. The van der Waals surface area contributed by atoms with Crippen LogP contribution in [-0.4, -0.2) is 19.6 Å². The summed E-state index contributed by atoms with van der Waals surface area (Å²) < 4.78 is 26.9. The maximum Gasteiger partial charge on any atom is 0.257 e. The van der Waals surface area contributed by atoms with Crippen molar-refractivity contribution in [3.63, 3.8) is 0 Å². The lowest BCUT2D eigenvalue weighted by atomic mass is 10.2. The highest BCUT2D eigenvalue weighted by atomic mass is 32.2. The normalized spacial score (nSPS) is 12.0. The zero-order chi connectivity index (χ0) is 11.5. The number of hydrogen-bond donors (Lipinski definition) is 1. The molecule has 0 aliphatic heterocycles. The maximum absolute atomic E-state index is 11.6. The van der Waals surface area contributed by atoms with E-state index in [1.165, 1.54) is 12.1 Å². The fourth-order valence-corrected chi connectivity index (χ4v) is 2.26. The van der Waals surface area contributed by atoms with Gasteiger partial charge in [0, 0.05) is 6.04 Å². The van der Waals surface area contributed by atoms with Crippen molar-refractivity contribution >= 4 is 10.0 Å². The molecule has 0 saturated heterocycles. The van der Waals surface area contributed by atoms with Gasteiger partial charge < -0.3 is 5.11 Å². The van der Waals surface area contributed by atoms with Gasteiger partial charge in [-0.15, -0.1) is 4.72 Å².